The highest BCUT2D eigenvalue weighted by Crippen LogP contribution is 2.29. The summed E-state index contributed by atoms with van der Waals surface area (Å²) < 4.78 is 40.4. The van der Waals surface area contributed by atoms with E-state index in [0.29, 0.717) is 18.2 Å². The molecule has 0 radical (unpaired) electrons. The Hall–Kier alpha value is -2.55. The Labute approximate surface area is 158 Å². The molecule has 0 bridgehead atoms. The van der Waals surface area contributed by atoms with E-state index >= 15 is 0 Å². The molecule has 0 aliphatic heterocycles. The Balaban J connectivity index is 1.87. The molecule has 3 aromatic rings. The number of nitrogens with zero attached hydrogens (tertiary/aromatic N) is 3. The molecular weight excluding hydrogens is 366 g/mol. The first-order chi connectivity index (χ1) is 12.9. The molecule has 142 valence electrons. The summed E-state index contributed by atoms with van der Waals surface area (Å²) in [4.78, 5) is 0. The van der Waals surface area contributed by atoms with E-state index in [2.05, 4.69) is 10.2 Å². The molecule has 0 amide bonds. The van der Waals surface area contributed by atoms with Crippen LogP contribution in [0.1, 0.15) is 36.4 Å². The fraction of sp³-hybridized carbons (Fsp3) is 0.263. The number of rotatable bonds is 7. The Bertz CT molecular complexity index is 985. The fourth-order valence-electron chi connectivity index (χ4n) is 2.98. The second-order valence-corrected chi connectivity index (χ2v) is 7.55. The van der Waals surface area contributed by atoms with Gasteiger partial charge in [0.05, 0.1) is 6.04 Å². The predicted octanol–water partition coefficient (Wildman–Crippen LogP) is 3.80. The van der Waals surface area contributed by atoms with Crippen LogP contribution >= 0.6 is 0 Å². The maximum atomic E-state index is 12.0. The topological polar surface area (TPSA) is 96.5 Å². The van der Waals surface area contributed by atoms with Crippen molar-refractivity contribution in [3.05, 3.63) is 71.6 Å². The molecule has 1 N–H and O–H groups in total. The first kappa shape index (κ1) is 19.2. The molecule has 0 saturated heterocycles. The predicted molar refractivity (Wildman–Crippen MR) is 101 cm³/mol. The van der Waals surface area contributed by atoms with E-state index in [0.717, 1.165) is 21.0 Å². The highest BCUT2D eigenvalue weighted by molar-refractivity contribution is 7.83. The van der Waals surface area contributed by atoms with E-state index in [4.69, 9.17) is 4.42 Å². The average Bonchev–Trinajstić information content (AvgIpc) is 3.08. The molecule has 3 rings (SSSR count). The van der Waals surface area contributed by atoms with Crippen LogP contribution in [0.3, 0.4) is 0 Å². The van der Waals surface area contributed by atoms with Crippen molar-refractivity contribution < 1.29 is 17.4 Å². The summed E-state index contributed by atoms with van der Waals surface area (Å²) >= 11 is 0. The second-order valence-electron chi connectivity index (χ2n) is 6.18. The summed E-state index contributed by atoms with van der Waals surface area (Å²) in [5.74, 6) is 0.877. The molecular formula is C19H21N3O4S. The molecule has 1 atom stereocenters. The molecule has 1 aromatic heterocycles. The van der Waals surface area contributed by atoms with Gasteiger partial charge in [-0.05, 0) is 29.7 Å². The number of benzene rings is 2. The normalized spacial score (nSPS) is 13.0. The van der Waals surface area contributed by atoms with E-state index in [9.17, 15) is 13.0 Å². The summed E-state index contributed by atoms with van der Waals surface area (Å²) in [5, 5.41) is 7.76. The van der Waals surface area contributed by atoms with Gasteiger partial charge in [-0.3, -0.25) is 4.55 Å². The van der Waals surface area contributed by atoms with Crippen molar-refractivity contribution in [1.29, 1.82) is 0 Å². The van der Waals surface area contributed by atoms with Crippen LogP contribution in [0.25, 0.3) is 11.5 Å². The average molecular weight is 387 g/mol. The number of aryl methyl sites for hydroxylation is 1. The van der Waals surface area contributed by atoms with Gasteiger partial charge in [0.1, 0.15) is 0 Å². The van der Waals surface area contributed by atoms with Crippen LogP contribution < -0.4 is 0 Å². The Morgan fingerprint density at radius 1 is 1.07 bits per heavy atom. The maximum absolute atomic E-state index is 12.0. The van der Waals surface area contributed by atoms with Gasteiger partial charge in [0.15, 0.2) is 0 Å². The zero-order valence-corrected chi connectivity index (χ0v) is 15.9. The lowest BCUT2D eigenvalue weighted by molar-refractivity contribution is 0.275. The molecule has 0 unspecified atom stereocenters. The third-order valence-corrected chi connectivity index (χ3v) is 5.26. The van der Waals surface area contributed by atoms with Crippen molar-refractivity contribution in [2.45, 2.75) is 32.9 Å². The van der Waals surface area contributed by atoms with Crippen molar-refractivity contribution in [2.75, 3.05) is 0 Å². The third-order valence-electron chi connectivity index (χ3n) is 4.28. The zero-order valence-electron chi connectivity index (χ0n) is 15.1. The van der Waals surface area contributed by atoms with Gasteiger partial charge in [0.2, 0.25) is 11.8 Å². The lowest BCUT2D eigenvalue weighted by Gasteiger charge is -2.28. The van der Waals surface area contributed by atoms with Crippen LogP contribution in [0.5, 0.6) is 0 Å². The minimum atomic E-state index is -4.39. The summed E-state index contributed by atoms with van der Waals surface area (Å²) in [5.41, 5.74) is 2.31. The van der Waals surface area contributed by atoms with Crippen molar-refractivity contribution >= 4 is 10.3 Å². The minimum Gasteiger partial charge on any atom is -0.421 e. The third kappa shape index (κ3) is 4.60. The largest absolute Gasteiger partial charge is 0.421 e. The van der Waals surface area contributed by atoms with Gasteiger partial charge in [0.25, 0.3) is 0 Å². The van der Waals surface area contributed by atoms with Crippen LogP contribution in [-0.2, 0) is 16.8 Å². The van der Waals surface area contributed by atoms with E-state index in [1.54, 1.807) is 31.2 Å². The quantitative estimate of drug-likeness (QED) is 0.620. The van der Waals surface area contributed by atoms with E-state index in [1.807, 2.05) is 37.3 Å². The van der Waals surface area contributed by atoms with Gasteiger partial charge in [-0.25, -0.2) is 0 Å². The molecule has 8 heteroatoms. The van der Waals surface area contributed by atoms with Crippen LogP contribution in [0, 0.1) is 6.92 Å². The van der Waals surface area contributed by atoms with E-state index < -0.39 is 16.3 Å². The summed E-state index contributed by atoms with van der Waals surface area (Å²) in [7, 11) is -4.39. The van der Waals surface area contributed by atoms with Gasteiger partial charge >= 0.3 is 10.3 Å². The van der Waals surface area contributed by atoms with Gasteiger partial charge in [-0.1, -0.05) is 49.4 Å². The maximum Gasteiger partial charge on any atom is 0.336 e. The Morgan fingerprint density at radius 3 is 2.26 bits per heavy atom. The first-order valence-electron chi connectivity index (χ1n) is 8.57. The molecule has 0 saturated carbocycles. The molecule has 0 fully saturated rings. The number of hydrogen-bond donors (Lipinski definition) is 1. The summed E-state index contributed by atoms with van der Waals surface area (Å²) in [6.45, 7) is 3.65. The second kappa shape index (κ2) is 7.99. The summed E-state index contributed by atoms with van der Waals surface area (Å²) in [6.07, 6.45) is 0.531. The van der Waals surface area contributed by atoms with Crippen molar-refractivity contribution in [1.82, 2.24) is 14.5 Å². The van der Waals surface area contributed by atoms with Crippen molar-refractivity contribution in [3.63, 3.8) is 0 Å². The SMILES string of the molecule is CC[C@@H](c1ccccc1)N(Cc1ccc(-c2nnc(C)o2)cc1)S(=O)(=O)O. The molecule has 2 aromatic carbocycles. The van der Waals surface area contributed by atoms with Gasteiger partial charge < -0.3 is 4.42 Å². The van der Waals surface area contributed by atoms with Crippen LogP contribution in [0.2, 0.25) is 0 Å². The standard InChI is InChI=1S/C19H21N3O4S/c1-3-18(16-7-5-4-6-8-16)22(27(23,24)25)13-15-9-11-17(12-10-15)19-21-20-14(2)26-19/h4-12,18H,3,13H2,1-2H3,(H,23,24,25)/t18-/m0/s1. The molecule has 0 spiro atoms. The van der Waals surface area contributed by atoms with Crippen molar-refractivity contribution in [3.8, 4) is 11.5 Å². The first-order valence-corrected chi connectivity index (χ1v) is 9.96. The van der Waals surface area contributed by atoms with Gasteiger partial charge in [0, 0.05) is 19.0 Å². The minimum absolute atomic E-state index is 0.0510. The van der Waals surface area contributed by atoms with Gasteiger partial charge in [-0.15, -0.1) is 10.2 Å². The lowest BCUT2D eigenvalue weighted by Crippen LogP contribution is -2.33. The molecule has 27 heavy (non-hydrogen) atoms. The monoisotopic (exact) mass is 387 g/mol. The molecule has 0 aliphatic carbocycles. The van der Waals surface area contributed by atoms with Crippen LogP contribution in [0.15, 0.2) is 59.0 Å². The Morgan fingerprint density at radius 2 is 1.74 bits per heavy atom. The van der Waals surface area contributed by atoms with Crippen LogP contribution in [0.4, 0.5) is 0 Å². The smallest absolute Gasteiger partial charge is 0.336 e. The number of hydrogen-bond acceptors (Lipinski definition) is 5. The molecule has 1 heterocycles. The fourth-order valence-corrected chi connectivity index (χ4v) is 3.88. The van der Waals surface area contributed by atoms with Crippen LogP contribution in [-0.4, -0.2) is 27.5 Å². The van der Waals surface area contributed by atoms with Crippen molar-refractivity contribution in [2.24, 2.45) is 0 Å². The zero-order chi connectivity index (χ0) is 19.4. The van der Waals surface area contributed by atoms with E-state index in [1.165, 1.54) is 0 Å². The van der Waals surface area contributed by atoms with Gasteiger partial charge in [-0.2, -0.15) is 12.7 Å². The highest BCUT2D eigenvalue weighted by Gasteiger charge is 2.28. The Kier molecular flexibility index (Phi) is 5.69. The van der Waals surface area contributed by atoms with E-state index in [-0.39, 0.29) is 6.54 Å². The number of aromatic nitrogens is 2. The molecule has 7 nitrogen and oxygen atoms in total. The lowest BCUT2D eigenvalue weighted by atomic mass is 10.0. The summed E-state index contributed by atoms with van der Waals surface area (Å²) in [6, 6.07) is 16.0. The highest BCUT2D eigenvalue weighted by atomic mass is 32.2. The molecule has 0 aliphatic rings.